The maximum atomic E-state index is 5.85. The summed E-state index contributed by atoms with van der Waals surface area (Å²) in [7, 11) is 0. The van der Waals surface area contributed by atoms with Crippen LogP contribution in [-0.2, 0) is 0 Å². The molecule has 0 atom stereocenters. The van der Waals surface area contributed by atoms with Gasteiger partial charge in [0.05, 0.1) is 0 Å². The van der Waals surface area contributed by atoms with Gasteiger partial charge in [0.15, 0.2) is 0 Å². The Labute approximate surface area is 29.8 Å². The Balaban J connectivity index is 2.86. The lowest BCUT2D eigenvalue weighted by molar-refractivity contribution is 1.82. The molecule has 0 spiro atoms. The van der Waals surface area contributed by atoms with Gasteiger partial charge in [-0.1, -0.05) is 0 Å². The molecule has 0 unspecified atom stereocenters. The van der Waals surface area contributed by atoms with Crippen molar-refractivity contribution in [2.24, 2.45) is 0 Å². The second-order valence-corrected chi connectivity index (χ2v) is 0.289. The van der Waals surface area contributed by atoms with Gasteiger partial charge in [-0.15, -0.1) is 0 Å². The highest BCUT2D eigenvalue weighted by atomic mass is 15.5. The zero-order chi connectivity index (χ0) is 4.12. The summed E-state index contributed by atoms with van der Waals surface area (Å²) in [5.41, 5.74) is 2.56. The smallest absolute Gasteiger partial charge is 0.0156 e. The van der Waals surface area contributed by atoms with Crippen LogP contribution in [0.4, 0.5) is 0 Å². The third kappa shape index (κ3) is 2.78. The molecule has 24 valence electrons. The lowest BCUT2D eigenvalue weighted by Gasteiger charge is -1.68. The highest BCUT2D eigenvalue weighted by Gasteiger charge is 1.39. The van der Waals surface area contributed by atoms with E-state index in [0.29, 0.717) is 0 Å². The molecule has 0 aliphatic heterocycles. The van der Waals surface area contributed by atoms with Crippen LogP contribution in [0.25, 0.3) is 15.4 Å². The van der Waals surface area contributed by atoms with E-state index < -0.39 is 0 Å². The zero-order valence-corrected chi connectivity index (χ0v) is 2.34. The predicted molar refractivity (Wildman–Crippen MR) is 16.6 cm³/mol. The van der Waals surface area contributed by atoms with Crippen molar-refractivity contribution in [1.29, 1.82) is 0 Å². The second-order valence-electron chi connectivity index (χ2n) is 0.289. The Morgan fingerprint density at radius 1 is 1.20 bits per heavy atom. The van der Waals surface area contributed by atoms with Crippen molar-refractivity contribution in [1.82, 2.24) is 0 Å². The SMILES string of the molecule is [C-]#[N+][N-][N+]#[C-]. The molecule has 0 amide bonds. The number of hydrogen-bond donors (Lipinski definition) is 0. The molecule has 0 rings (SSSR count). The third-order valence-corrected chi connectivity index (χ3v) is 0.0894. The first kappa shape index (κ1) is 3.78. The Hall–Kier alpha value is -1.22. The molecule has 0 saturated carbocycles. The van der Waals surface area contributed by atoms with Crippen LogP contribution in [0.3, 0.4) is 0 Å². The molecular formula is C2N3-. The van der Waals surface area contributed by atoms with Gasteiger partial charge in [0.1, 0.15) is 0 Å². The van der Waals surface area contributed by atoms with Crippen molar-refractivity contribution in [2.45, 2.75) is 0 Å². The standard InChI is InChI=1S/C2N3/c1-3-5-4-2/q-1. The molecule has 5 heavy (non-hydrogen) atoms. The van der Waals surface area contributed by atoms with Crippen LogP contribution in [0, 0.1) is 13.1 Å². The second kappa shape index (κ2) is 2.78. The van der Waals surface area contributed by atoms with E-state index in [1.807, 2.05) is 0 Å². The highest BCUT2D eigenvalue weighted by Crippen LogP contribution is 1.80. The molecule has 0 heterocycles. The van der Waals surface area contributed by atoms with E-state index in [2.05, 4.69) is 15.4 Å². The first-order valence-corrected chi connectivity index (χ1v) is 0.847. The summed E-state index contributed by atoms with van der Waals surface area (Å²) < 4.78 is 0. The van der Waals surface area contributed by atoms with Gasteiger partial charge in [-0.25, -0.2) is 13.1 Å². The monoisotopic (exact) mass is 66.0 g/mol. The topological polar surface area (TPSA) is 22.8 Å². The van der Waals surface area contributed by atoms with Crippen molar-refractivity contribution in [2.75, 3.05) is 0 Å². The van der Waals surface area contributed by atoms with Crippen LogP contribution < -0.4 is 0 Å². The van der Waals surface area contributed by atoms with E-state index >= 15 is 0 Å². The van der Waals surface area contributed by atoms with Gasteiger partial charge in [0.2, 0.25) is 0 Å². The fourth-order valence-corrected chi connectivity index (χ4v) is 0.0224. The van der Waals surface area contributed by atoms with E-state index in [4.69, 9.17) is 13.1 Å². The van der Waals surface area contributed by atoms with Crippen molar-refractivity contribution in [3.8, 4) is 0 Å². The first-order chi connectivity index (χ1) is 2.41. The van der Waals surface area contributed by atoms with E-state index in [0.717, 1.165) is 0 Å². The Kier molecular flexibility index (Phi) is 2.10. The average molecular weight is 66.0 g/mol. The van der Waals surface area contributed by atoms with Crippen LogP contribution in [0.5, 0.6) is 0 Å². The molecule has 0 aliphatic carbocycles. The van der Waals surface area contributed by atoms with E-state index in [1.165, 1.54) is 0 Å². The maximum Gasteiger partial charge on any atom is 0.0156 e. The Morgan fingerprint density at radius 3 is 1.60 bits per heavy atom. The number of rotatable bonds is 0. The van der Waals surface area contributed by atoms with Crippen LogP contribution in [0.2, 0.25) is 0 Å². The normalized spacial score (nSPS) is 3.60. The minimum absolute atomic E-state index is 2.38. The third-order valence-electron chi connectivity index (χ3n) is 0.0894. The quantitative estimate of drug-likeness (QED) is 0.298. The van der Waals surface area contributed by atoms with Crippen molar-refractivity contribution < 1.29 is 0 Å². The van der Waals surface area contributed by atoms with Crippen LogP contribution in [0.15, 0.2) is 0 Å². The van der Waals surface area contributed by atoms with E-state index in [-0.39, 0.29) is 0 Å². The van der Waals surface area contributed by atoms with Crippen molar-refractivity contribution in [3.63, 3.8) is 0 Å². The minimum Gasteiger partial charge on any atom is -0.277 e. The van der Waals surface area contributed by atoms with Crippen LogP contribution in [0.1, 0.15) is 0 Å². The molecular weight excluding hydrogens is 66.0 g/mol. The Bertz CT molecular complexity index is 70.0. The maximum absolute atomic E-state index is 5.85. The summed E-state index contributed by atoms with van der Waals surface area (Å²) in [5, 5.41) is 0. The molecule has 0 aromatic heterocycles. The minimum atomic E-state index is 2.38. The number of nitrogens with zero attached hydrogens (tertiary/aromatic N) is 3. The molecule has 0 saturated heterocycles. The summed E-state index contributed by atoms with van der Waals surface area (Å²) >= 11 is 0. The predicted octanol–water partition coefficient (Wildman–Crippen LogP) is 1.03. The van der Waals surface area contributed by atoms with Gasteiger partial charge in [0.25, 0.3) is 0 Å². The summed E-state index contributed by atoms with van der Waals surface area (Å²) in [6.07, 6.45) is 0. The van der Waals surface area contributed by atoms with Gasteiger partial charge < -0.3 is 0 Å². The summed E-state index contributed by atoms with van der Waals surface area (Å²) in [4.78, 5) is 4.75. The lowest BCUT2D eigenvalue weighted by atomic mass is 11.8. The fraction of sp³-hybridized carbons (Fsp3) is 0. The molecule has 0 N–H and O–H groups in total. The molecule has 0 fully saturated rings. The fourth-order valence-electron chi connectivity index (χ4n) is 0.0224. The van der Waals surface area contributed by atoms with Gasteiger partial charge in [-0.05, 0) is 0 Å². The lowest BCUT2D eigenvalue weighted by Crippen LogP contribution is -1.25. The molecule has 0 bridgehead atoms. The van der Waals surface area contributed by atoms with Gasteiger partial charge in [-0.2, -0.15) is 0 Å². The van der Waals surface area contributed by atoms with E-state index in [9.17, 15) is 0 Å². The molecule has 0 aromatic rings. The van der Waals surface area contributed by atoms with Crippen LogP contribution in [-0.4, -0.2) is 0 Å². The summed E-state index contributed by atoms with van der Waals surface area (Å²) in [5.74, 6) is 0. The van der Waals surface area contributed by atoms with Crippen molar-refractivity contribution in [3.05, 3.63) is 28.6 Å². The molecule has 0 aromatic carbocycles. The molecule has 3 heteroatoms. The highest BCUT2D eigenvalue weighted by molar-refractivity contribution is 4.88. The average Bonchev–Trinajstić information content (AvgIpc) is 1.41. The number of hydrogen-bond acceptors (Lipinski definition) is 0. The summed E-state index contributed by atoms with van der Waals surface area (Å²) in [6, 6.07) is 0. The molecule has 0 aliphatic rings. The van der Waals surface area contributed by atoms with Crippen molar-refractivity contribution >= 4 is 0 Å². The first-order valence-electron chi connectivity index (χ1n) is 0.847. The molecule has 0 radical (unpaired) electrons. The summed E-state index contributed by atoms with van der Waals surface area (Å²) in [6.45, 7) is 11.7. The van der Waals surface area contributed by atoms with E-state index in [1.54, 1.807) is 0 Å². The zero-order valence-electron chi connectivity index (χ0n) is 2.34. The van der Waals surface area contributed by atoms with Gasteiger partial charge >= 0.3 is 0 Å². The Morgan fingerprint density at radius 2 is 1.60 bits per heavy atom. The van der Waals surface area contributed by atoms with Crippen LogP contribution >= 0.6 is 0 Å². The largest absolute Gasteiger partial charge is 0.277 e. The van der Waals surface area contributed by atoms with Gasteiger partial charge in [0, 0.05) is 5.53 Å². The molecule has 3 nitrogen and oxygen atoms in total. The van der Waals surface area contributed by atoms with Gasteiger partial charge in [-0.3, -0.25) is 9.91 Å².